The molecule has 152 valence electrons. The number of ketones is 1. The number of allylic oxidation sites excluding steroid dienone is 1. The van der Waals surface area contributed by atoms with Gasteiger partial charge in [0.2, 0.25) is 5.62 Å². The number of halogens is 1. The van der Waals surface area contributed by atoms with E-state index in [0.29, 0.717) is 17.9 Å². The summed E-state index contributed by atoms with van der Waals surface area (Å²) in [6.45, 7) is 4.09. The number of Topliss-reactive ketones (excluding diaryl/α,β-unsaturated/α-hetero) is 1. The van der Waals surface area contributed by atoms with E-state index in [9.17, 15) is 9.59 Å². The van der Waals surface area contributed by atoms with Crippen molar-refractivity contribution in [2.24, 2.45) is 0 Å². The Kier molecular flexibility index (Phi) is 7.55. The highest BCUT2D eigenvalue weighted by Gasteiger charge is 2.14. The molecule has 3 rings (SSSR count). The lowest BCUT2D eigenvalue weighted by Gasteiger charge is -2.07. The Labute approximate surface area is 178 Å². The lowest BCUT2D eigenvalue weighted by Crippen LogP contribution is -2.27. The standard InChI is InChI=1S/C21H21N3O4.BrH/c1-3-12-23-17-6-4-5-7-18(17)24(21(23)22)13-19(25)15-8-10-16(11-9-15)28-14-20(26)27-2;/h3-11,22H,1,12-14H2,2H3;1H. The molecule has 0 spiro atoms. The average Bonchev–Trinajstić information content (AvgIpc) is 2.98. The van der Waals surface area contributed by atoms with Gasteiger partial charge in [-0.25, -0.2) is 4.79 Å². The van der Waals surface area contributed by atoms with Crippen LogP contribution in [0.4, 0.5) is 0 Å². The number of imidazole rings is 1. The first kappa shape index (κ1) is 22.2. The molecular weight excluding hydrogens is 438 g/mol. The molecule has 0 saturated heterocycles. The van der Waals surface area contributed by atoms with E-state index in [4.69, 9.17) is 10.1 Å². The van der Waals surface area contributed by atoms with Gasteiger partial charge in [-0.05, 0) is 36.4 Å². The van der Waals surface area contributed by atoms with Crippen LogP contribution >= 0.6 is 17.0 Å². The van der Waals surface area contributed by atoms with Gasteiger partial charge in [0.05, 0.1) is 24.7 Å². The zero-order valence-corrected chi connectivity index (χ0v) is 17.7. The molecule has 1 heterocycles. The summed E-state index contributed by atoms with van der Waals surface area (Å²) in [7, 11) is 1.29. The molecule has 0 amide bonds. The maximum Gasteiger partial charge on any atom is 0.343 e. The Morgan fingerprint density at radius 3 is 2.28 bits per heavy atom. The predicted octanol–water partition coefficient (Wildman–Crippen LogP) is 3.12. The van der Waals surface area contributed by atoms with Crippen LogP contribution in [0, 0.1) is 5.41 Å². The van der Waals surface area contributed by atoms with Crippen molar-refractivity contribution in [3.8, 4) is 5.75 Å². The topological polar surface area (TPSA) is 86.3 Å². The highest BCUT2D eigenvalue weighted by molar-refractivity contribution is 8.93. The van der Waals surface area contributed by atoms with Crippen LogP contribution < -0.4 is 10.4 Å². The van der Waals surface area contributed by atoms with Crippen molar-refractivity contribution < 1.29 is 19.1 Å². The largest absolute Gasteiger partial charge is 0.482 e. The molecule has 0 saturated carbocycles. The molecule has 8 heteroatoms. The summed E-state index contributed by atoms with van der Waals surface area (Å²) in [5.74, 6) is -0.131. The van der Waals surface area contributed by atoms with Crippen molar-refractivity contribution in [1.82, 2.24) is 9.13 Å². The minimum absolute atomic E-state index is 0. The lowest BCUT2D eigenvalue weighted by molar-refractivity contribution is -0.142. The molecule has 1 N–H and O–H groups in total. The molecule has 0 atom stereocenters. The van der Waals surface area contributed by atoms with E-state index in [1.54, 1.807) is 39.5 Å². The molecule has 3 aromatic rings. The van der Waals surface area contributed by atoms with Gasteiger partial charge >= 0.3 is 5.97 Å². The van der Waals surface area contributed by atoms with Gasteiger partial charge in [-0.3, -0.25) is 10.2 Å². The van der Waals surface area contributed by atoms with E-state index in [2.05, 4.69) is 11.3 Å². The summed E-state index contributed by atoms with van der Waals surface area (Å²) in [5, 5.41) is 8.44. The van der Waals surface area contributed by atoms with Gasteiger partial charge in [-0.15, -0.1) is 23.6 Å². The van der Waals surface area contributed by atoms with Crippen molar-refractivity contribution >= 4 is 39.8 Å². The first-order valence-corrected chi connectivity index (χ1v) is 8.71. The normalized spacial score (nSPS) is 10.2. The quantitative estimate of drug-likeness (QED) is 0.318. The number of ether oxygens (including phenoxy) is 2. The van der Waals surface area contributed by atoms with Crippen LogP contribution in [0.1, 0.15) is 10.4 Å². The molecule has 0 aliphatic heterocycles. The number of hydrogen-bond acceptors (Lipinski definition) is 5. The summed E-state index contributed by atoms with van der Waals surface area (Å²) in [4.78, 5) is 23.9. The van der Waals surface area contributed by atoms with Crippen LogP contribution in [0.2, 0.25) is 0 Å². The minimum Gasteiger partial charge on any atom is -0.482 e. The smallest absolute Gasteiger partial charge is 0.343 e. The van der Waals surface area contributed by atoms with Crippen LogP contribution in [0.3, 0.4) is 0 Å². The fraction of sp³-hybridized carbons (Fsp3) is 0.190. The van der Waals surface area contributed by atoms with Crippen molar-refractivity contribution in [1.29, 1.82) is 5.41 Å². The molecule has 29 heavy (non-hydrogen) atoms. The van der Waals surface area contributed by atoms with Gasteiger partial charge in [0, 0.05) is 12.1 Å². The molecule has 1 aromatic heterocycles. The highest BCUT2D eigenvalue weighted by atomic mass is 79.9. The van der Waals surface area contributed by atoms with Gasteiger partial charge in [-0.1, -0.05) is 18.2 Å². The zero-order valence-electron chi connectivity index (χ0n) is 16.0. The summed E-state index contributed by atoms with van der Waals surface area (Å²) >= 11 is 0. The molecular formula is C21H22BrN3O4. The van der Waals surface area contributed by atoms with Gasteiger partial charge < -0.3 is 18.6 Å². The molecule has 2 aromatic carbocycles. The van der Waals surface area contributed by atoms with E-state index in [1.165, 1.54) is 7.11 Å². The minimum atomic E-state index is -0.476. The number of fused-ring (bicyclic) bond motifs is 1. The molecule has 0 radical (unpaired) electrons. The van der Waals surface area contributed by atoms with Crippen molar-refractivity contribution in [3.05, 3.63) is 72.4 Å². The van der Waals surface area contributed by atoms with Gasteiger partial charge in [0.25, 0.3) is 0 Å². The third-order valence-electron chi connectivity index (χ3n) is 4.35. The van der Waals surface area contributed by atoms with Crippen LogP contribution in [-0.2, 0) is 22.6 Å². The number of aromatic nitrogens is 2. The number of para-hydroxylation sites is 2. The Bertz CT molecular complexity index is 1080. The van der Waals surface area contributed by atoms with Gasteiger partial charge in [-0.2, -0.15) is 0 Å². The maximum atomic E-state index is 12.8. The van der Waals surface area contributed by atoms with E-state index < -0.39 is 5.97 Å². The summed E-state index contributed by atoms with van der Waals surface area (Å²) in [6, 6.07) is 14.1. The second kappa shape index (κ2) is 9.88. The van der Waals surface area contributed by atoms with Crippen LogP contribution in [-0.4, -0.2) is 34.6 Å². The van der Waals surface area contributed by atoms with Gasteiger partial charge in [0.1, 0.15) is 5.75 Å². The number of methoxy groups -OCH3 is 1. The highest BCUT2D eigenvalue weighted by Crippen LogP contribution is 2.16. The second-order valence-corrected chi connectivity index (χ2v) is 6.11. The summed E-state index contributed by atoms with van der Waals surface area (Å²) < 4.78 is 13.3. The van der Waals surface area contributed by atoms with Crippen molar-refractivity contribution in [2.75, 3.05) is 13.7 Å². The molecule has 7 nitrogen and oxygen atoms in total. The number of nitrogens with zero attached hydrogens (tertiary/aromatic N) is 2. The number of hydrogen-bond donors (Lipinski definition) is 1. The fourth-order valence-electron chi connectivity index (χ4n) is 2.94. The maximum absolute atomic E-state index is 12.8. The Morgan fingerprint density at radius 2 is 1.69 bits per heavy atom. The van der Waals surface area contributed by atoms with Crippen LogP contribution in [0.5, 0.6) is 5.75 Å². The Balaban J connectivity index is 0.00000300. The SMILES string of the molecule is Br.C=CCn1c(=N)n(CC(=O)c2ccc(OCC(=O)OC)cc2)c2ccccc21. The molecule has 0 bridgehead atoms. The number of carbonyl (C=O) groups excluding carboxylic acids is 2. The van der Waals surface area contributed by atoms with E-state index in [1.807, 2.05) is 24.3 Å². The number of benzene rings is 2. The Morgan fingerprint density at radius 1 is 1.07 bits per heavy atom. The third kappa shape index (κ3) is 4.83. The number of nitrogens with one attached hydrogen (secondary N) is 1. The number of carbonyl (C=O) groups is 2. The molecule has 0 unspecified atom stereocenters. The first-order chi connectivity index (χ1) is 13.5. The van der Waals surface area contributed by atoms with Crippen molar-refractivity contribution in [3.63, 3.8) is 0 Å². The second-order valence-electron chi connectivity index (χ2n) is 6.11. The zero-order chi connectivity index (χ0) is 20.1. The predicted molar refractivity (Wildman–Crippen MR) is 115 cm³/mol. The third-order valence-corrected chi connectivity index (χ3v) is 4.35. The summed E-state index contributed by atoms with van der Waals surface area (Å²) in [6.07, 6.45) is 1.73. The molecule has 0 aliphatic rings. The van der Waals surface area contributed by atoms with E-state index >= 15 is 0 Å². The lowest BCUT2D eigenvalue weighted by atomic mass is 10.1. The summed E-state index contributed by atoms with van der Waals surface area (Å²) in [5.41, 5.74) is 2.44. The van der Waals surface area contributed by atoms with Gasteiger partial charge in [0.15, 0.2) is 12.4 Å². The van der Waals surface area contributed by atoms with E-state index in [-0.39, 0.29) is 41.5 Å². The van der Waals surface area contributed by atoms with Crippen LogP contribution in [0.25, 0.3) is 11.0 Å². The number of esters is 1. The van der Waals surface area contributed by atoms with Crippen molar-refractivity contribution in [2.45, 2.75) is 13.1 Å². The number of rotatable bonds is 8. The Hall–Kier alpha value is -3.13. The average molecular weight is 460 g/mol. The van der Waals surface area contributed by atoms with E-state index in [0.717, 1.165) is 11.0 Å². The van der Waals surface area contributed by atoms with Crippen LogP contribution in [0.15, 0.2) is 61.2 Å². The monoisotopic (exact) mass is 459 g/mol. The molecule has 0 fully saturated rings. The molecule has 0 aliphatic carbocycles. The fourth-order valence-corrected chi connectivity index (χ4v) is 2.94. The first-order valence-electron chi connectivity index (χ1n) is 8.71.